The van der Waals surface area contributed by atoms with Crippen molar-refractivity contribution in [2.45, 2.75) is 65.4 Å². The second kappa shape index (κ2) is 13.1. The predicted octanol–water partition coefficient (Wildman–Crippen LogP) is 6.01. The van der Waals surface area contributed by atoms with Crippen molar-refractivity contribution in [3.8, 4) is 9.75 Å². The Morgan fingerprint density at radius 2 is 1.39 bits per heavy atom. The number of methoxy groups -OCH3 is 1. The standard InChI is InChI=1S/C26H40O5S2/c1-25(2,3)22-17-20(18-31-15-14-30-13-12-29-11-10-28-7)23(33-22)21-16-19(8-9-27)24(32-21)26(4,5)6/h9,16-17H,8,10-15,18H2,1-7H3. The lowest BCUT2D eigenvalue weighted by Gasteiger charge is -2.18. The third-order valence-electron chi connectivity index (χ3n) is 5.00. The maximum Gasteiger partial charge on any atom is 0.124 e. The minimum absolute atomic E-state index is 0.00660. The zero-order chi connectivity index (χ0) is 24.5. The first-order chi connectivity index (χ1) is 15.6. The summed E-state index contributed by atoms with van der Waals surface area (Å²) in [7, 11) is 1.66. The molecule has 0 aliphatic heterocycles. The van der Waals surface area contributed by atoms with Crippen LogP contribution < -0.4 is 0 Å². The SMILES string of the molecule is COCCOCCOCCOCc1cc(C(C)(C)C)sc1-c1cc(CC=O)c(C(C)(C)C)s1. The maximum atomic E-state index is 11.3. The minimum atomic E-state index is 0.00660. The van der Waals surface area contributed by atoms with Gasteiger partial charge in [-0.2, -0.15) is 0 Å². The summed E-state index contributed by atoms with van der Waals surface area (Å²) in [5.41, 5.74) is 2.41. The van der Waals surface area contributed by atoms with Gasteiger partial charge in [-0.1, -0.05) is 41.5 Å². The van der Waals surface area contributed by atoms with Crippen molar-refractivity contribution < 1.29 is 23.7 Å². The van der Waals surface area contributed by atoms with Gasteiger partial charge < -0.3 is 23.7 Å². The largest absolute Gasteiger partial charge is 0.382 e. The summed E-state index contributed by atoms with van der Waals surface area (Å²) in [6.45, 7) is 17.2. The summed E-state index contributed by atoms with van der Waals surface area (Å²) in [6, 6.07) is 4.48. The molecule has 0 bridgehead atoms. The van der Waals surface area contributed by atoms with Gasteiger partial charge in [0, 0.05) is 28.2 Å². The van der Waals surface area contributed by atoms with E-state index in [9.17, 15) is 4.79 Å². The van der Waals surface area contributed by atoms with E-state index in [-0.39, 0.29) is 10.8 Å². The molecule has 0 aromatic carbocycles. The molecule has 5 nitrogen and oxygen atoms in total. The third kappa shape index (κ3) is 8.89. The third-order valence-corrected chi connectivity index (χ3v) is 8.38. The highest BCUT2D eigenvalue weighted by Gasteiger charge is 2.25. The lowest BCUT2D eigenvalue weighted by Crippen LogP contribution is -2.11. The minimum Gasteiger partial charge on any atom is -0.382 e. The number of thiophene rings is 2. The van der Waals surface area contributed by atoms with Crippen molar-refractivity contribution >= 4 is 29.0 Å². The Kier molecular flexibility index (Phi) is 11.2. The first kappa shape index (κ1) is 28.1. The van der Waals surface area contributed by atoms with Gasteiger partial charge in [0.2, 0.25) is 0 Å². The molecule has 0 N–H and O–H groups in total. The Morgan fingerprint density at radius 1 is 0.788 bits per heavy atom. The lowest BCUT2D eigenvalue weighted by molar-refractivity contribution is -0.107. The molecule has 2 aromatic rings. The Hall–Kier alpha value is -1.09. The van der Waals surface area contributed by atoms with Crippen LogP contribution in [0, 0.1) is 0 Å². The topological polar surface area (TPSA) is 54.0 Å². The van der Waals surface area contributed by atoms with Gasteiger partial charge in [-0.05, 0) is 34.1 Å². The van der Waals surface area contributed by atoms with E-state index >= 15 is 0 Å². The molecule has 2 aromatic heterocycles. The van der Waals surface area contributed by atoms with Gasteiger partial charge in [-0.25, -0.2) is 0 Å². The van der Waals surface area contributed by atoms with E-state index < -0.39 is 0 Å². The molecule has 33 heavy (non-hydrogen) atoms. The summed E-state index contributed by atoms with van der Waals surface area (Å²) in [5.74, 6) is 0. The van der Waals surface area contributed by atoms with Gasteiger partial charge in [0.15, 0.2) is 0 Å². The zero-order valence-corrected chi connectivity index (χ0v) is 22.9. The summed E-state index contributed by atoms with van der Waals surface area (Å²) in [4.78, 5) is 16.4. The van der Waals surface area contributed by atoms with Crippen LogP contribution in [0.1, 0.15) is 62.4 Å². The first-order valence-electron chi connectivity index (χ1n) is 11.5. The fourth-order valence-corrected chi connectivity index (χ4v) is 5.91. The summed E-state index contributed by atoms with van der Waals surface area (Å²) in [5, 5.41) is 0. The fourth-order valence-electron chi connectivity index (χ4n) is 3.30. The van der Waals surface area contributed by atoms with Gasteiger partial charge in [0.1, 0.15) is 6.29 Å². The lowest BCUT2D eigenvalue weighted by atomic mass is 9.91. The van der Waals surface area contributed by atoms with Crippen molar-refractivity contribution in [3.05, 3.63) is 33.0 Å². The molecule has 0 unspecified atom stereocenters. The van der Waals surface area contributed by atoms with Crippen LogP contribution in [0.3, 0.4) is 0 Å². The van der Waals surface area contributed by atoms with Gasteiger partial charge in [0.05, 0.1) is 51.1 Å². The summed E-state index contributed by atoms with van der Waals surface area (Å²) in [6.07, 6.45) is 1.46. The molecule has 0 aliphatic rings. The summed E-state index contributed by atoms with van der Waals surface area (Å²) >= 11 is 3.64. The van der Waals surface area contributed by atoms with Crippen LogP contribution in [0.5, 0.6) is 0 Å². The molecular weight excluding hydrogens is 456 g/mol. The zero-order valence-electron chi connectivity index (χ0n) is 21.2. The molecule has 0 fully saturated rings. The van der Waals surface area contributed by atoms with E-state index in [4.69, 9.17) is 18.9 Å². The second-order valence-corrected chi connectivity index (χ2v) is 12.2. The molecule has 0 radical (unpaired) electrons. The molecule has 186 valence electrons. The number of hydrogen-bond acceptors (Lipinski definition) is 7. The first-order valence-corrected chi connectivity index (χ1v) is 13.1. The van der Waals surface area contributed by atoms with Crippen molar-refractivity contribution in [1.29, 1.82) is 0 Å². The summed E-state index contributed by atoms with van der Waals surface area (Å²) < 4.78 is 21.9. The Labute approximate surface area is 207 Å². The highest BCUT2D eigenvalue weighted by atomic mass is 32.1. The van der Waals surface area contributed by atoms with Crippen LogP contribution in [0.25, 0.3) is 9.75 Å². The molecule has 2 heterocycles. The highest BCUT2D eigenvalue weighted by molar-refractivity contribution is 7.22. The molecule has 0 saturated carbocycles. The van der Waals surface area contributed by atoms with Crippen molar-refractivity contribution in [3.63, 3.8) is 0 Å². The molecule has 0 saturated heterocycles. The maximum absolute atomic E-state index is 11.3. The highest BCUT2D eigenvalue weighted by Crippen LogP contribution is 2.45. The van der Waals surface area contributed by atoms with Crippen molar-refractivity contribution in [2.75, 3.05) is 46.8 Å². The molecule has 2 rings (SSSR count). The van der Waals surface area contributed by atoms with Crippen LogP contribution in [-0.4, -0.2) is 53.0 Å². The van der Waals surface area contributed by atoms with E-state index in [0.717, 1.165) is 11.8 Å². The second-order valence-electron chi connectivity index (χ2n) is 10.1. The van der Waals surface area contributed by atoms with Crippen molar-refractivity contribution in [1.82, 2.24) is 0 Å². The van der Waals surface area contributed by atoms with Gasteiger partial charge in [0.25, 0.3) is 0 Å². The van der Waals surface area contributed by atoms with Crippen LogP contribution in [-0.2, 0) is 47.6 Å². The van der Waals surface area contributed by atoms with Crippen LogP contribution >= 0.6 is 22.7 Å². The van der Waals surface area contributed by atoms with Crippen LogP contribution in [0.4, 0.5) is 0 Å². The Morgan fingerprint density at radius 3 is 1.94 bits per heavy atom. The molecule has 0 atom stereocenters. The average Bonchev–Trinajstić information content (AvgIpc) is 3.34. The molecule has 0 amide bonds. The number of ether oxygens (including phenoxy) is 4. The smallest absolute Gasteiger partial charge is 0.124 e. The van der Waals surface area contributed by atoms with Gasteiger partial charge in [-0.3, -0.25) is 0 Å². The number of carbonyl (C=O) groups excluding carboxylic acids is 1. The van der Waals surface area contributed by atoms with Crippen molar-refractivity contribution in [2.24, 2.45) is 0 Å². The van der Waals surface area contributed by atoms with Crippen LogP contribution in [0.2, 0.25) is 0 Å². The normalized spacial score (nSPS) is 12.5. The van der Waals surface area contributed by atoms with Gasteiger partial charge in [-0.15, -0.1) is 22.7 Å². The van der Waals surface area contributed by atoms with Gasteiger partial charge >= 0.3 is 0 Å². The Balaban J connectivity index is 2.06. The molecular formula is C26H40O5S2. The fraction of sp³-hybridized carbons (Fsp3) is 0.654. The average molecular weight is 497 g/mol. The van der Waals surface area contributed by atoms with E-state index in [1.165, 1.54) is 25.1 Å². The number of hydrogen-bond donors (Lipinski definition) is 0. The Bertz CT molecular complexity index is 855. The predicted molar refractivity (Wildman–Crippen MR) is 138 cm³/mol. The van der Waals surface area contributed by atoms with E-state index in [1.807, 2.05) is 11.3 Å². The quantitative estimate of drug-likeness (QED) is 0.237. The number of rotatable bonds is 14. The number of aldehydes is 1. The van der Waals surface area contributed by atoms with E-state index in [0.29, 0.717) is 52.7 Å². The van der Waals surface area contributed by atoms with E-state index in [1.54, 1.807) is 18.4 Å². The monoisotopic (exact) mass is 496 g/mol. The van der Waals surface area contributed by atoms with E-state index in [2.05, 4.69) is 53.7 Å². The molecule has 0 spiro atoms. The molecule has 7 heteroatoms. The van der Waals surface area contributed by atoms with Crippen LogP contribution in [0.15, 0.2) is 12.1 Å². The molecule has 0 aliphatic carbocycles. The number of carbonyl (C=O) groups is 1.